The van der Waals surface area contributed by atoms with Crippen LogP contribution in [0.4, 0.5) is 0 Å². The maximum absolute atomic E-state index is 11.5. The SMILES string of the molecule is C=CC1=NC(c2ccncc2)=CC(=O)CC1. The number of ketones is 1. The van der Waals surface area contributed by atoms with Crippen molar-refractivity contribution < 1.29 is 4.79 Å². The summed E-state index contributed by atoms with van der Waals surface area (Å²) >= 11 is 0. The van der Waals surface area contributed by atoms with Gasteiger partial charge in [-0.05, 0) is 24.6 Å². The van der Waals surface area contributed by atoms with Crippen LogP contribution in [0.15, 0.2) is 48.2 Å². The molecular weight excluding hydrogens is 200 g/mol. The molecule has 1 aromatic heterocycles. The van der Waals surface area contributed by atoms with Gasteiger partial charge < -0.3 is 0 Å². The van der Waals surface area contributed by atoms with Crippen molar-refractivity contribution in [3.8, 4) is 0 Å². The second-order valence-corrected chi connectivity index (χ2v) is 3.54. The second-order valence-electron chi connectivity index (χ2n) is 3.54. The molecule has 1 aliphatic heterocycles. The lowest BCUT2D eigenvalue weighted by atomic mass is 10.1. The molecule has 0 aliphatic carbocycles. The number of aromatic nitrogens is 1. The number of hydrogen-bond acceptors (Lipinski definition) is 3. The number of carbonyl (C=O) groups is 1. The summed E-state index contributed by atoms with van der Waals surface area (Å²) in [5.41, 5.74) is 2.46. The highest BCUT2D eigenvalue weighted by molar-refractivity contribution is 6.07. The van der Waals surface area contributed by atoms with E-state index in [4.69, 9.17) is 0 Å². The first kappa shape index (κ1) is 10.5. The lowest BCUT2D eigenvalue weighted by Gasteiger charge is -2.00. The van der Waals surface area contributed by atoms with Gasteiger partial charge in [-0.1, -0.05) is 6.58 Å². The van der Waals surface area contributed by atoms with Crippen molar-refractivity contribution in [2.24, 2.45) is 4.99 Å². The third-order valence-corrected chi connectivity index (χ3v) is 2.40. The highest BCUT2D eigenvalue weighted by Crippen LogP contribution is 2.19. The molecular formula is C13H12N2O. The molecule has 0 saturated heterocycles. The first-order valence-electron chi connectivity index (χ1n) is 5.14. The molecule has 3 heteroatoms. The van der Waals surface area contributed by atoms with Gasteiger partial charge in [-0.3, -0.25) is 14.8 Å². The van der Waals surface area contributed by atoms with Gasteiger partial charge in [-0.25, -0.2) is 0 Å². The molecule has 0 bridgehead atoms. The predicted molar refractivity (Wildman–Crippen MR) is 64.1 cm³/mol. The normalized spacial score (nSPS) is 16.1. The van der Waals surface area contributed by atoms with Gasteiger partial charge in [0.05, 0.1) is 5.70 Å². The van der Waals surface area contributed by atoms with E-state index in [0.29, 0.717) is 18.5 Å². The summed E-state index contributed by atoms with van der Waals surface area (Å²) < 4.78 is 0. The van der Waals surface area contributed by atoms with Crippen molar-refractivity contribution in [3.05, 3.63) is 48.8 Å². The quantitative estimate of drug-likeness (QED) is 0.755. The van der Waals surface area contributed by atoms with E-state index >= 15 is 0 Å². The van der Waals surface area contributed by atoms with Gasteiger partial charge in [0, 0.05) is 36.2 Å². The Morgan fingerprint density at radius 1 is 1.25 bits per heavy atom. The van der Waals surface area contributed by atoms with Crippen LogP contribution in [0.2, 0.25) is 0 Å². The number of allylic oxidation sites excluding steroid dienone is 2. The average molecular weight is 212 g/mol. The molecule has 16 heavy (non-hydrogen) atoms. The molecule has 2 heterocycles. The van der Waals surface area contributed by atoms with Crippen LogP contribution in [0.3, 0.4) is 0 Å². The lowest BCUT2D eigenvalue weighted by Crippen LogP contribution is -1.95. The van der Waals surface area contributed by atoms with E-state index in [2.05, 4.69) is 16.6 Å². The van der Waals surface area contributed by atoms with E-state index in [1.807, 2.05) is 12.1 Å². The maximum Gasteiger partial charge on any atom is 0.158 e. The van der Waals surface area contributed by atoms with Crippen LogP contribution in [0.5, 0.6) is 0 Å². The minimum absolute atomic E-state index is 0.104. The van der Waals surface area contributed by atoms with Crippen LogP contribution in [0.1, 0.15) is 18.4 Å². The lowest BCUT2D eigenvalue weighted by molar-refractivity contribution is -0.114. The zero-order chi connectivity index (χ0) is 11.4. The van der Waals surface area contributed by atoms with Crippen LogP contribution in [-0.2, 0) is 4.79 Å². The zero-order valence-corrected chi connectivity index (χ0v) is 8.89. The first-order valence-corrected chi connectivity index (χ1v) is 5.14. The summed E-state index contributed by atoms with van der Waals surface area (Å²) in [4.78, 5) is 19.9. The second kappa shape index (κ2) is 4.66. The number of pyridine rings is 1. The van der Waals surface area contributed by atoms with Crippen molar-refractivity contribution in [2.75, 3.05) is 0 Å². The largest absolute Gasteiger partial charge is 0.295 e. The number of carbonyl (C=O) groups excluding carboxylic acids is 1. The van der Waals surface area contributed by atoms with Crippen LogP contribution >= 0.6 is 0 Å². The van der Waals surface area contributed by atoms with Gasteiger partial charge in [-0.15, -0.1) is 0 Å². The van der Waals surface area contributed by atoms with Crippen LogP contribution < -0.4 is 0 Å². The summed E-state index contributed by atoms with van der Waals surface area (Å²) in [6.07, 6.45) is 7.83. The van der Waals surface area contributed by atoms with E-state index in [9.17, 15) is 4.79 Å². The summed E-state index contributed by atoms with van der Waals surface area (Å²) in [6.45, 7) is 3.70. The maximum atomic E-state index is 11.5. The van der Waals surface area contributed by atoms with Crippen molar-refractivity contribution in [3.63, 3.8) is 0 Å². The Kier molecular flexibility index (Phi) is 3.05. The van der Waals surface area contributed by atoms with Gasteiger partial charge in [0.15, 0.2) is 5.78 Å². The molecule has 1 aliphatic rings. The molecule has 0 fully saturated rings. The number of aliphatic imine (C=N–C) groups is 1. The summed E-state index contributed by atoms with van der Waals surface area (Å²) in [7, 11) is 0. The summed E-state index contributed by atoms with van der Waals surface area (Å²) in [5.74, 6) is 0.104. The Hall–Kier alpha value is -2.03. The molecule has 0 unspecified atom stereocenters. The summed E-state index contributed by atoms with van der Waals surface area (Å²) in [6, 6.07) is 3.68. The Bertz CT molecular complexity index is 472. The molecule has 0 atom stereocenters. The fourth-order valence-corrected chi connectivity index (χ4v) is 1.54. The fraction of sp³-hybridized carbons (Fsp3) is 0.154. The third-order valence-electron chi connectivity index (χ3n) is 2.40. The van der Waals surface area contributed by atoms with Crippen LogP contribution in [-0.4, -0.2) is 16.5 Å². The molecule has 0 amide bonds. The van der Waals surface area contributed by atoms with E-state index in [-0.39, 0.29) is 5.78 Å². The fourth-order valence-electron chi connectivity index (χ4n) is 1.54. The van der Waals surface area contributed by atoms with Crippen molar-refractivity contribution in [1.29, 1.82) is 0 Å². The van der Waals surface area contributed by atoms with Gasteiger partial charge in [0.25, 0.3) is 0 Å². The van der Waals surface area contributed by atoms with Gasteiger partial charge in [0.1, 0.15) is 0 Å². The van der Waals surface area contributed by atoms with Crippen molar-refractivity contribution in [2.45, 2.75) is 12.8 Å². The number of rotatable bonds is 2. The molecule has 0 radical (unpaired) electrons. The Balaban J connectivity index is 2.43. The Morgan fingerprint density at radius 2 is 2.00 bits per heavy atom. The first-order chi connectivity index (χ1) is 7.79. The standard InChI is InChI=1S/C13H12N2O/c1-2-11-3-4-12(16)9-13(15-11)10-5-7-14-8-6-10/h2,5-9H,1,3-4H2. The molecule has 2 rings (SSSR count). The van der Waals surface area contributed by atoms with Crippen molar-refractivity contribution >= 4 is 17.2 Å². The minimum Gasteiger partial charge on any atom is -0.295 e. The smallest absolute Gasteiger partial charge is 0.158 e. The van der Waals surface area contributed by atoms with Gasteiger partial charge in [-0.2, -0.15) is 0 Å². The molecule has 0 saturated carbocycles. The average Bonchev–Trinajstić information content (AvgIpc) is 2.52. The Labute approximate surface area is 94.2 Å². The molecule has 0 spiro atoms. The van der Waals surface area contributed by atoms with E-state index < -0.39 is 0 Å². The van der Waals surface area contributed by atoms with Crippen LogP contribution in [0.25, 0.3) is 5.70 Å². The van der Waals surface area contributed by atoms with E-state index in [1.165, 1.54) is 0 Å². The molecule has 0 aromatic carbocycles. The molecule has 0 N–H and O–H groups in total. The number of hydrogen-bond donors (Lipinski definition) is 0. The van der Waals surface area contributed by atoms with Gasteiger partial charge in [0.2, 0.25) is 0 Å². The number of nitrogens with zero attached hydrogens (tertiary/aromatic N) is 2. The highest BCUT2D eigenvalue weighted by atomic mass is 16.1. The van der Waals surface area contributed by atoms with Crippen molar-refractivity contribution in [1.82, 2.24) is 4.98 Å². The molecule has 3 nitrogen and oxygen atoms in total. The zero-order valence-electron chi connectivity index (χ0n) is 8.89. The minimum atomic E-state index is 0.104. The Morgan fingerprint density at radius 3 is 2.69 bits per heavy atom. The molecule has 80 valence electrons. The molecule has 1 aromatic rings. The highest BCUT2D eigenvalue weighted by Gasteiger charge is 2.10. The monoisotopic (exact) mass is 212 g/mol. The topological polar surface area (TPSA) is 42.3 Å². The third kappa shape index (κ3) is 2.31. The van der Waals surface area contributed by atoms with Gasteiger partial charge >= 0.3 is 0 Å². The predicted octanol–water partition coefficient (Wildman–Crippen LogP) is 2.41. The summed E-state index contributed by atoms with van der Waals surface area (Å²) in [5, 5.41) is 0. The van der Waals surface area contributed by atoms with Crippen LogP contribution in [0, 0.1) is 0 Å². The van der Waals surface area contributed by atoms with E-state index in [1.54, 1.807) is 24.5 Å². The van der Waals surface area contributed by atoms with E-state index in [0.717, 1.165) is 11.3 Å².